The minimum atomic E-state index is -2.71. The monoisotopic (exact) mass is 535 g/mol. The van der Waals surface area contributed by atoms with Gasteiger partial charge in [-0.1, -0.05) is 12.1 Å². The van der Waals surface area contributed by atoms with E-state index in [4.69, 9.17) is 14.6 Å². The van der Waals surface area contributed by atoms with Crippen LogP contribution in [0.25, 0.3) is 22.0 Å². The number of hydrogen-bond acceptors (Lipinski definition) is 6. The topological polar surface area (TPSA) is 74.4 Å². The summed E-state index contributed by atoms with van der Waals surface area (Å²) < 4.78 is 43.1. The minimum absolute atomic E-state index is 0.119. The van der Waals surface area contributed by atoms with Crippen LogP contribution in [0.1, 0.15) is 48.3 Å². The molecule has 0 saturated carbocycles. The van der Waals surface area contributed by atoms with Gasteiger partial charge in [-0.2, -0.15) is 5.10 Å². The predicted octanol–water partition coefficient (Wildman–Crippen LogP) is 5.08. The van der Waals surface area contributed by atoms with Gasteiger partial charge in [0.15, 0.2) is 6.04 Å². The zero-order chi connectivity index (χ0) is 27.1. The fourth-order valence-corrected chi connectivity index (χ4v) is 5.73. The normalized spacial score (nSPS) is 16.2. The third kappa shape index (κ3) is 4.56. The van der Waals surface area contributed by atoms with Crippen LogP contribution in [0.15, 0.2) is 42.9 Å². The van der Waals surface area contributed by atoms with Crippen LogP contribution in [0.2, 0.25) is 0 Å². The number of esters is 1. The number of nitrogens with zero attached hydrogens (tertiary/aromatic N) is 5. The van der Waals surface area contributed by atoms with Crippen molar-refractivity contribution in [3.63, 3.8) is 0 Å². The highest BCUT2D eigenvalue weighted by Crippen LogP contribution is 2.38. The molecule has 0 radical (unpaired) electrons. The fourth-order valence-electron chi connectivity index (χ4n) is 5.73. The van der Waals surface area contributed by atoms with Gasteiger partial charge in [-0.3, -0.25) is 4.68 Å². The smallest absolute Gasteiger partial charge is 0.337 e. The van der Waals surface area contributed by atoms with Gasteiger partial charge in [0.05, 0.1) is 37.4 Å². The van der Waals surface area contributed by atoms with Crippen molar-refractivity contribution in [1.29, 1.82) is 0 Å². The summed E-state index contributed by atoms with van der Waals surface area (Å²) in [5.74, 6) is -0.506. The van der Waals surface area contributed by atoms with Crippen LogP contribution in [0.3, 0.4) is 0 Å². The van der Waals surface area contributed by atoms with Gasteiger partial charge in [0, 0.05) is 48.2 Å². The van der Waals surface area contributed by atoms with E-state index in [2.05, 4.69) is 9.88 Å². The summed E-state index contributed by atoms with van der Waals surface area (Å²) in [5.41, 5.74) is 5.20. The van der Waals surface area contributed by atoms with E-state index in [-0.39, 0.29) is 12.2 Å². The molecule has 39 heavy (non-hydrogen) atoms. The lowest BCUT2D eigenvalue weighted by Crippen LogP contribution is -2.36. The Labute approximate surface area is 225 Å². The molecule has 4 aromatic rings. The molecule has 204 valence electrons. The van der Waals surface area contributed by atoms with Gasteiger partial charge < -0.3 is 18.9 Å². The van der Waals surface area contributed by atoms with Crippen molar-refractivity contribution in [2.45, 2.75) is 45.7 Å². The molecule has 10 heteroatoms. The molecule has 0 spiro atoms. The number of aromatic nitrogens is 4. The molecular weight excluding hydrogens is 504 g/mol. The highest BCUT2D eigenvalue weighted by atomic mass is 19.3. The SMILES string of the molecule is CCOC(=O)C(c1ncn2c1CCC2)n1cc2c(C(F)F)cc(-c3ccc(N4CCOCC4)cc3)c(C)c2n1. The molecule has 0 bridgehead atoms. The van der Waals surface area contributed by atoms with Gasteiger partial charge in [-0.25, -0.2) is 18.6 Å². The number of imidazole rings is 1. The Morgan fingerprint density at radius 3 is 2.64 bits per heavy atom. The number of aryl methyl sites for hydroxylation is 2. The Bertz CT molecular complexity index is 1510. The number of carbonyl (C=O) groups excluding carboxylic acids is 1. The first kappa shape index (κ1) is 25.5. The lowest BCUT2D eigenvalue weighted by Gasteiger charge is -2.29. The maximum atomic E-state index is 14.4. The van der Waals surface area contributed by atoms with Gasteiger partial charge in [0.2, 0.25) is 0 Å². The summed E-state index contributed by atoms with van der Waals surface area (Å²) in [4.78, 5) is 20.0. The van der Waals surface area contributed by atoms with Gasteiger partial charge >= 0.3 is 5.97 Å². The molecule has 4 heterocycles. The molecule has 2 aliphatic heterocycles. The Morgan fingerprint density at radius 1 is 1.15 bits per heavy atom. The average Bonchev–Trinajstić information content (AvgIpc) is 3.68. The maximum Gasteiger partial charge on any atom is 0.337 e. The van der Waals surface area contributed by atoms with E-state index in [1.54, 1.807) is 19.3 Å². The van der Waals surface area contributed by atoms with Crippen LogP contribution in [-0.4, -0.2) is 58.2 Å². The Morgan fingerprint density at radius 2 is 1.92 bits per heavy atom. The second kappa shape index (κ2) is 10.4. The standard InChI is InChI=1S/C29H31F2N5O3/c1-3-39-29(37)27(26-24-5-4-10-35(24)17-32-26)36-16-23-22(28(30)31)15-21(18(2)25(23)33-36)19-6-8-20(9-7-19)34-11-13-38-14-12-34/h6-9,15-17,27-28H,3-5,10-14H2,1-2H3. The summed E-state index contributed by atoms with van der Waals surface area (Å²) in [5, 5.41) is 5.05. The van der Waals surface area contributed by atoms with Crippen LogP contribution in [0, 0.1) is 6.92 Å². The van der Waals surface area contributed by atoms with Crippen LogP contribution in [0.5, 0.6) is 0 Å². The van der Waals surface area contributed by atoms with Crippen molar-refractivity contribution in [3.05, 3.63) is 65.4 Å². The first-order valence-electron chi connectivity index (χ1n) is 13.4. The molecule has 1 saturated heterocycles. The second-order valence-corrected chi connectivity index (χ2v) is 9.98. The molecular formula is C29H31F2N5O3. The highest BCUT2D eigenvalue weighted by Gasteiger charge is 2.33. The molecule has 1 atom stereocenters. The first-order valence-corrected chi connectivity index (χ1v) is 13.4. The molecule has 2 aromatic carbocycles. The van der Waals surface area contributed by atoms with Gasteiger partial charge in [0.25, 0.3) is 6.43 Å². The molecule has 2 aromatic heterocycles. The molecule has 1 fully saturated rings. The zero-order valence-electron chi connectivity index (χ0n) is 22.1. The van der Waals surface area contributed by atoms with E-state index < -0.39 is 18.4 Å². The summed E-state index contributed by atoms with van der Waals surface area (Å²) in [6.45, 7) is 7.66. The zero-order valence-corrected chi connectivity index (χ0v) is 22.1. The van der Waals surface area contributed by atoms with Crippen LogP contribution in [-0.2, 0) is 27.2 Å². The number of carbonyl (C=O) groups is 1. The van der Waals surface area contributed by atoms with Crippen molar-refractivity contribution in [3.8, 4) is 11.1 Å². The van der Waals surface area contributed by atoms with Crippen molar-refractivity contribution in [2.75, 3.05) is 37.8 Å². The van der Waals surface area contributed by atoms with Crippen molar-refractivity contribution in [1.82, 2.24) is 19.3 Å². The Balaban J connectivity index is 1.44. The van der Waals surface area contributed by atoms with E-state index in [1.165, 1.54) is 10.9 Å². The summed E-state index contributed by atoms with van der Waals surface area (Å²) in [6.07, 6.45) is 2.30. The quantitative estimate of drug-likeness (QED) is 0.307. The number of morpholine rings is 1. The average molecular weight is 536 g/mol. The Kier molecular flexibility index (Phi) is 6.80. The van der Waals surface area contributed by atoms with E-state index >= 15 is 0 Å². The summed E-state index contributed by atoms with van der Waals surface area (Å²) >= 11 is 0. The van der Waals surface area contributed by atoms with Crippen LogP contribution < -0.4 is 4.90 Å². The van der Waals surface area contributed by atoms with Crippen molar-refractivity contribution in [2.24, 2.45) is 0 Å². The van der Waals surface area contributed by atoms with E-state index in [0.29, 0.717) is 35.4 Å². The number of alkyl halides is 2. The fraction of sp³-hybridized carbons (Fsp3) is 0.414. The number of rotatable bonds is 7. The first-order chi connectivity index (χ1) is 19.0. The Hall–Kier alpha value is -3.79. The number of hydrogen-bond donors (Lipinski definition) is 0. The summed E-state index contributed by atoms with van der Waals surface area (Å²) in [6, 6.07) is 8.54. The number of halogens is 2. The maximum absolute atomic E-state index is 14.4. The second-order valence-electron chi connectivity index (χ2n) is 9.98. The van der Waals surface area contributed by atoms with Crippen molar-refractivity contribution >= 4 is 22.6 Å². The number of benzene rings is 2. The molecule has 1 unspecified atom stereocenters. The minimum Gasteiger partial charge on any atom is -0.464 e. The van der Waals surface area contributed by atoms with Gasteiger partial charge in [-0.15, -0.1) is 0 Å². The molecule has 6 rings (SSSR count). The number of fused-ring (bicyclic) bond motifs is 2. The van der Waals surface area contributed by atoms with Gasteiger partial charge in [0.1, 0.15) is 0 Å². The predicted molar refractivity (Wildman–Crippen MR) is 143 cm³/mol. The molecule has 8 nitrogen and oxygen atoms in total. The molecule has 0 amide bonds. The van der Waals surface area contributed by atoms with Crippen LogP contribution >= 0.6 is 0 Å². The number of ether oxygens (including phenoxy) is 2. The highest BCUT2D eigenvalue weighted by molar-refractivity contribution is 5.92. The van der Waals surface area contributed by atoms with E-state index in [0.717, 1.165) is 55.0 Å². The molecule has 2 aliphatic rings. The molecule has 0 N–H and O–H groups in total. The molecule has 0 aliphatic carbocycles. The van der Waals surface area contributed by atoms with E-state index in [9.17, 15) is 13.6 Å². The largest absolute Gasteiger partial charge is 0.464 e. The third-order valence-electron chi connectivity index (χ3n) is 7.72. The third-order valence-corrected chi connectivity index (χ3v) is 7.72. The lowest BCUT2D eigenvalue weighted by atomic mass is 9.95. The van der Waals surface area contributed by atoms with Crippen molar-refractivity contribution < 1.29 is 23.0 Å². The van der Waals surface area contributed by atoms with Crippen LogP contribution in [0.4, 0.5) is 14.5 Å². The van der Waals surface area contributed by atoms with E-state index in [1.807, 2.05) is 35.8 Å². The lowest BCUT2D eigenvalue weighted by molar-refractivity contribution is -0.146. The summed E-state index contributed by atoms with van der Waals surface area (Å²) in [7, 11) is 0. The number of anilines is 1. The van der Waals surface area contributed by atoms with Gasteiger partial charge in [-0.05, 0) is 61.6 Å².